The van der Waals surface area contributed by atoms with Crippen molar-refractivity contribution < 1.29 is 15.0 Å². The number of carbonyl (C=O) groups is 1. The molecular formula is C12H22O3. The van der Waals surface area contributed by atoms with Crippen LogP contribution in [0.15, 0.2) is 0 Å². The Hall–Kier alpha value is -0.570. The highest BCUT2D eigenvalue weighted by atomic mass is 16.4. The maximum Gasteiger partial charge on any atom is 0.303 e. The van der Waals surface area contributed by atoms with Gasteiger partial charge in [0.05, 0.1) is 5.60 Å². The van der Waals surface area contributed by atoms with Crippen LogP contribution in [0.1, 0.15) is 52.4 Å². The van der Waals surface area contributed by atoms with E-state index in [0.29, 0.717) is 12.3 Å². The summed E-state index contributed by atoms with van der Waals surface area (Å²) in [6.07, 6.45) is 4.61. The Kier molecular flexibility index (Phi) is 4.14. The van der Waals surface area contributed by atoms with Crippen LogP contribution in [-0.2, 0) is 4.79 Å². The van der Waals surface area contributed by atoms with Gasteiger partial charge in [0.2, 0.25) is 0 Å². The molecule has 0 bridgehead atoms. The molecule has 1 fully saturated rings. The average molecular weight is 214 g/mol. The highest BCUT2D eigenvalue weighted by molar-refractivity contribution is 5.67. The zero-order valence-electron chi connectivity index (χ0n) is 9.70. The first-order valence-electron chi connectivity index (χ1n) is 5.92. The van der Waals surface area contributed by atoms with E-state index in [-0.39, 0.29) is 12.3 Å². The molecule has 0 aromatic rings. The van der Waals surface area contributed by atoms with Gasteiger partial charge in [-0.05, 0) is 37.5 Å². The summed E-state index contributed by atoms with van der Waals surface area (Å²) < 4.78 is 0. The van der Waals surface area contributed by atoms with Crippen molar-refractivity contribution in [2.24, 2.45) is 11.8 Å². The average Bonchev–Trinajstić information content (AvgIpc) is 2.48. The van der Waals surface area contributed by atoms with E-state index < -0.39 is 11.6 Å². The molecule has 2 N–H and O–H groups in total. The molecule has 3 nitrogen and oxygen atoms in total. The van der Waals surface area contributed by atoms with Crippen molar-refractivity contribution in [3.8, 4) is 0 Å². The number of rotatable bonds is 5. The highest BCUT2D eigenvalue weighted by Crippen LogP contribution is 2.42. The lowest BCUT2D eigenvalue weighted by molar-refractivity contribution is -0.138. The third-order valence-corrected chi connectivity index (χ3v) is 3.73. The molecule has 0 heterocycles. The van der Waals surface area contributed by atoms with E-state index in [0.717, 1.165) is 25.7 Å². The van der Waals surface area contributed by atoms with Crippen LogP contribution in [0.2, 0.25) is 0 Å². The number of hydrogen-bond donors (Lipinski definition) is 2. The van der Waals surface area contributed by atoms with Crippen molar-refractivity contribution in [1.29, 1.82) is 0 Å². The smallest absolute Gasteiger partial charge is 0.303 e. The van der Waals surface area contributed by atoms with Gasteiger partial charge >= 0.3 is 5.97 Å². The normalized spacial score (nSPS) is 32.9. The Morgan fingerprint density at radius 1 is 1.60 bits per heavy atom. The number of carboxylic acids is 1. The van der Waals surface area contributed by atoms with Gasteiger partial charge in [0.15, 0.2) is 0 Å². The summed E-state index contributed by atoms with van der Waals surface area (Å²) in [7, 11) is 0. The van der Waals surface area contributed by atoms with E-state index in [2.05, 4.69) is 13.8 Å². The van der Waals surface area contributed by atoms with Gasteiger partial charge < -0.3 is 10.2 Å². The molecule has 0 spiro atoms. The molecule has 3 atom stereocenters. The van der Waals surface area contributed by atoms with Gasteiger partial charge in [-0.25, -0.2) is 0 Å². The summed E-state index contributed by atoms with van der Waals surface area (Å²) in [5.41, 5.74) is -0.601. The molecule has 0 aromatic carbocycles. The van der Waals surface area contributed by atoms with E-state index in [1.807, 2.05) is 0 Å². The summed E-state index contributed by atoms with van der Waals surface area (Å²) in [6.45, 7) is 4.19. The molecule has 0 saturated heterocycles. The Morgan fingerprint density at radius 2 is 2.27 bits per heavy atom. The number of hydrogen-bond acceptors (Lipinski definition) is 2. The fourth-order valence-corrected chi connectivity index (χ4v) is 2.73. The molecule has 15 heavy (non-hydrogen) atoms. The maximum absolute atomic E-state index is 10.6. The van der Waals surface area contributed by atoms with Gasteiger partial charge in [-0.15, -0.1) is 0 Å². The molecule has 0 aromatic heterocycles. The minimum atomic E-state index is -0.743. The van der Waals surface area contributed by atoms with E-state index in [9.17, 15) is 9.90 Å². The van der Waals surface area contributed by atoms with Crippen LogP contribution in [-0.4, -0.2) is 21.8 Å². The van der Waals surface area contributed by atoms with Crippen molar-refractivity contribution in [2.45, 2.75) is 58.0 Å². The molecule has 1 rings (SSSR count). The van der Waals surface area contributed by atoms with Crippen LogP contribution in [0.3, 0.4) is 0 Å². The first-order valence-corrected chi connectivity index (χ1v) is 5.92. The van der Waals surface area contributed by atoms with Gasteiger partial charge in [-0.3, -0.25) is 4.79 Å². The van der Waals surface area contributed by atoms with Crippen molar-refractivity contribution in [2.75, 3.05) is 0 Å². The highest BCUT2D eigenvalue weighted by Gasteiger charge is 2.41. The Balaban J connectivity index is 2.48. The molecule has 3 unspecified atom stereocenters. The maximum atomic E-state index is 10.6. The van der Waals surface area contributed by atoms with Crippen LogP contribution in [0.4, 0.5) is 0 Å². The SMILES string of the molecule is CCCC(C)C1(O)CCC(CC(=O)O)C1. The third-order valence-electron chi connectivity index (χ3n) is 3.73. The minimum Gasteiger partial charge on any atom is -0.481 e. The van der Waals surface area contributed by atoms with Crippen LogP contribution in [0.25, 0.3) is 0 Å². The molecule has 3 heteroatoms. The summed E-state index contributed by atoms with van der Waals surface area (Å²) >= 11 is 0. The van der Waals surface area contributed by atoms with Gasteiger partial charge in [-0.1, -0.05) is 20.3 Å². The summed E-state index contributed by atoms with van der Waals surface area (Å²) in [6, 6.07) is 0. The predicted octanol–water partition coefficient (Wildman–Crippen LogP) is 2.43. The van der Waals surface area contributed by atoms with Gasteiger partial charge in [-0.2, -0.15) is 0 Å². The van der Waals surface area contributed by atoms with E-state index >= 15 is 0 Å². The molecular weight excluding hydrogens is 192 g/mol. The quantitative estimate of drug-likeness (QED) is 0.739. The second-order valence-corrected chi connectivity index (χ2v) is 5.00. The molecule has 1 saturated carbocycles. The second kappa shape index (κ2) is 4.97. The van der Waals surface area contributed by atoms with Crippen LogP contribution in [0.5, 0.6) is 0 Å². The molecule has 0 amide bonds. The Bertz CT molecular complexity index is 227. The monoisotopic (exact) mass is 214 g/mol. The zero-order chi connectivity index (χ0) is 11.5. The van der Waals surface area contributed by atoms with Crippen molar-refractivity contribution in [3.63, 3.8) is 0 Å². The Morgan fingerprint density at radius 3 is 2.80 bits per heavy atom. The zero-order valence-corrected chi connectivity index (χ0v) is 9.70. The predicted molar refractivity (Wildman–Crippen MR) is 58.6 cm³/mol. The Labute approximate surface area is 91.5 Å². The van der Waals surface area contributed by atoms with Gasteiger partial charge in [0, 0.05) is 6.42 Å². The molecule has 88 valence electrons. The van der Waals surface area contributed by atoms with Crippen LogP contribution in [0, 0.1) is 11.8 Å². The van der Waals surface area contributed by atoms with Gasteiger partial charge in [0.25, 0.3) is 0 Å². The van der Waals surface area contributed by atoms with Crippen molar-refractivity contribution in [1.82, 2.24) is 0 Å². The lowest BCUT2D eigenvalue weighted by Gasteiger charge is -2.30. The largest absolute Gasteiger partial charge is 0.481 e. The lowest BCUT2D eigenvalue weighted by Crippen LogP contribution is -2.33. The first kappa shape index (κ1) is 12.5. The van der Waals surface area contributed by atoms with Crippen molar-refractivity contribution in [3.05, 3.63) is 0 Å². The van der Waals surface area contributed by atoms with Crippen molar-refractivity contribution >= 4 is 5.97 Å². The number of carboxylic acid groups (broad SMARTS) is 1. The van der Waals surface area contributed by atoms with Crippen LogP contribution < -0.4 is 0 Å². The fourth-order valence-electron chi connectivity index (χ4n) is 2.73. The van der Waals surface area contributed by atoms with Gasteiger partial charge in [0.1, 0.15) is 0 Å². The molecule has 1 aliphatic rings. The topological polar surface area (TPSA) is 57.5 Å². The summed E-state index contributed by atoms with van der Waals surface area (Å²) in [5.74, 6) is -0.277. The summed E-state index contributed by atoms with van der Waals surface area (Å²) in [5, 5.41) is 19.1. The second-order valence-electron chi connectivity index (χ2n) is 5.00. The minimum absolute atomic E-state index is 0.173. The molecule has 0 radical (unpaired) electrons. The van der Waals surface area contributed by atoms with Crippen LogP contribution >= 0.6 is 0 Å². The number of aliphatic hydroxyl groups is 1. The van der Waals surface area contributed by atoms with E-state index in [1.54, 1.807) is 0 Å². The first-order chi connectivity index (χ1) is 6.98. The lowest BCUT2D eigenvalue weighted by atomic mass is 9.83. The standard InChI is InChI=1S/C12H22O3/c1-3-4-9(2)12(15)6-5-10(8-12)7-11(13)14/h9-10,15H,3-8H2,1-2H3,(H,13,14). The van der Waals surface area contributed by atoms with E-state index in [4.69, 9.17) is 5.11 Å². The number of aliphatic carboxylic acids is 1. The third kappa shape index (κ3) is 3.20. The molecule has 1 aliphatic carbocycles. The molecule has 0 aliphatic heterocycles. The summed E-state index contributed by atoms with van der Waals surface area (Å²) in [4.78, 5) is 10.6. The fraction of sp³-hybridized carbons (Fsp3) is 0.917. The van der Waals surface area contributed by atoms with E-state index in [1.165, 1.54) is 0 Å².